The fourth-order valence-corrected chi connectivity index (χ4v) is 1.32. The highest BCUT2D eigenvalue weighted by atomic mass is 35.5. The number of nitrogens with zero attached hydrogens (tertiary/aromatic N) is 1. The van der Waals surface area contributed by atoms with Gasteiger partial charge in [-0.25, -0.2) is 0 Å². The summed E-state index contributed by atoms with van der Waals surface area (Å²) in [7, 11) is 0. The van der Waals surface area contributed by atoms with Crippen molar-refractivity contribution in [3.8, 4) is 0 Å². The van der Waals surface area contributed by atoms with Crippen molar-refractivity contribution in [2.75, 3.05) is 0 Å². The number of hydrogen-bond acceptors (Lipinski definition) is 2. The monoisotopic (exact) mass is 227 g/mol. The van der Waals surface area contributed by atoms with Gasteiger partial charge < -0.3 is 0 Å². The summed E-state index contributed by atoms with van der Waals surface area (Å²) in [5.41, 5.74) is -2.07. The van der Waals surface area contributed by atoms with Gasteiger partial charge in [-0.05, 0) is 12.5 Å². The van der Waals surface area contributed by atoms with Crippen molar-refractivity contribution in [2.45, 2.75) is 19.0 Å². The third kappa shape index (κ3) is 2.25. The van der Waals surface area contributed by atoms with Gasteiger partial charge in [-0.2, -0.15) is 13.2 Å². The molecule has 0 aromatic rings. The van der Waals surface area contributed by atoms with Crippen LogP contribution in [0.15, 0.2) is 22.4 Å². The molecule has 1 aliphatic rings. The molecule has 1 rings (SSSR count). The first-order valence-corrected chi connectivity index (χ1v) is 4.01. The van der Waals surface area contributed by atoms with Crippen molar-refractivity contribution in [2.24, 2.45) is 0 Å². The highest BCUT2D eigenvalue weighted by Gasteiger charge is 2.41. The summed E-state index contributed by atoms with van der Waals surface area (Å²) in [4.78, 5) is 9.28. The lowest BCUT2D eigenvalue weighted by Gasteiger charge is -2.13. The van der Waals surface area contributed by atoms with Crippen LogP contribution in [0.4, 0.5) is 13.2 Å². The lowest BCUT2D eigenvalue weighted by molar-refractivity contribution is -0.430. The zero-order valence-corrected chi connectivity index (χ0v) is 7.52. The normalized spacial score (nSPS) is 18.1. The Balaban J connectivity index is 3.21. The molecular weight excluding hydrogens is 223 g/mol. The first-order chi connectivity index (χ1) is 6.32. The first-order valence-electron chi connectivity index (χ1n) is 3.63. The van der Waals surface area contributed by atoms with E-state index < -0.39 is 22.4 Å². The van der Waals surface area contributed by atoms with Crippen LogP contribution in [0.1, 0.15) is 12.8 Å². The maximum absolute atomic E-state index is 12.3. The van der Waals surface area contributed by atoms with Crippen LogP contribution in [-0.4, -0.2) is 11.1 Å². The summed E-state index contributed by atoms with van der Waals surface area (Å²) < 4.78 is 36.8. The van der Waals surface area contributed by atoms with E-state index in [1.54, 1.807) is 0 Å². The van der Waals surface area contributed by atoms with E-state index in [2.05, 4.69) is 0 Å². The van der Waals surface area contributed by atoms with Crippen LogP contribution >= 0.6 is 11.6 Å². The van der Waals surface area contributed by atoms with E-state index in [9.17, 15) is 23.3 Å². The Hall–Kier alpha value is -1.04. The summed E-state index contributed by atoms with van der Waals surface area (Å²) in [5.74, 6) is 0. The van der Waals surface area contributed by atoms with E-state index in [1.807, 2.05) is 0 Å². The topological polar surface area (TPSA) is 43.1 Å². The number of hydrogen-bond donors (Lipinski definition) is 0. The van der Waals surface area contributed by atoms with Gasteiger partial charge in [-0.1, -0.05) is 11.6 Å². The molecule has 0 aromatic carbocycles. The molecule has 0 radical (unpaired) electrons. The van der Waals surface area contributed by atoms with Crippen molar-refractivity contribution in [3.05, 3.63) is 32.5 Å². The Morgan fingerprint density at radius 2 is 2.00 bits per heavy atom. The summed E-state index contributed by atoms with van der Waals surface area (Å²) in [6.07, 6.45) is -4.30. The van der Waals surface area contributed by atoms with Crippen LogP contribution in [0.25, 0.3) is 0 Å². The maximum atomic E-state index is 12.3. The van der Waals surface area contributed by atoms with Gasteiger partial charge in [0.1, 0.15) is 5.57 Å². The minimum Gasteiger partial charge on any atom is -0.259 e. The van der Waals surface area contributed by atoms with Gasteiger partial charge in [-0.3, -0.25) is 10.1 Å². The molecule has 78 valence electrons. The summed E-state index contributed by atoms with van der Waals surface area (Å²) in [6.45, 7) is 0. The molecule has 0 amide bonds. The number of rotatable bonds is 1. The highest BCUT2D eigenvalue weighted by Crippen LogP contribution is 2.36. The lowest BCUT2D eigenvalue weighted by Crippen LogP contribution is -2.18. The van der Waals surface area contributed by atoms with Gasteiger partial charge in [0.05, 0.1) is 4.92 Å². The van der Waals surface area contributed by atoms with Crippen LogP contribution in [0.5, 0.6) is 0 Å². The van der Waals surface area contributed by atoms with Crippen LogP contribution in [0, 0.1) is 10.1 Å². The van der Waals surface area contributed by atoms with Gasteiger partial charge in [-0.15, -0.1) is 0 Å². The fourth-order valence-electron chi connectivity index (χ4n) is 1.12. The van der Waals surface area contributed by atoms with E-state index in [4.69, 9.17) is 11.6 Å². The van der Waals surface area contributed by atoms with Crippen molar-refractivity contribution < 1.29 is 18.1 Å². The van der Waals surface area contributed by atoms with Crippen molar-refractivity contribution >= 4 is 11.6 Å². The summed E-state index contributed by atoms with van der Waals surface area (Å²) in [5, 5.41) is 10.3. The van der Waals surface area contributed by atoms with Crippen molar-refractivity contribution in [1.82, 2.24) is 0 Å². The lowest BCUT2D eigenvalue weighted by atomic mass is 10.0. The van der Waals surface area contributed by atoms with Gasteiger partial charge >= 0.3 is 6.18 Å². The summed E-state index contributed by atoms with van der Waals surface area (Å²) >= 11 is 5.39. The van der Waals surface area contributed by atoms with E-state index in [-0.39, 0.29) is 17.9 Å². The molecule has 0 saturated carbocycles. The van der Waals surface area contributed by atoms with E-state index in [0.717, 1.165) is 0 Å². The first kappa shape index (κ1) is 11.0. The number of alkyl halides is 3. The third-order valence-corrected chi connectivity index (χ3v) is 2.04. The third-order valence-electron chi connectivity index (χ3n) is 1.74. The van der Waals surface area contributed by atoms with Crippen LogP contribution in [-0.2, 0) is 0 Å². The van der Waals surface area contributed by atoms with Crippen LogP contribution in [0.3, 0.4) is 0 Å². The molecule has 0 atom stereocenters. The minimum absolute atomic E-state index is 0.0112. The van der Waals surface area contributed by atoms with E-state index in [0.29, 0.717) is 6.08 Å². The van der Waals surface area contributed by atoms with Crippen molar-refractivity contribution in [3.63, 3.8) is 0 Å². The molecule has 0 fully saturated rings. The Morgan fingerprint density at radius 3 is 2.43 bits per heavy atom. The Kier molecular flexibility index (Phi) is 2.84. The SMILES string of the molecule is O=[N+]([O-])C1=C(C(F)(F)F)C=C(Cl)CC1. The molecule has 0 unspecified atom stereocenters. The summed E-state index contributed by atoms with van der Waals surface area (Å²) in [6, 6.07) is 0. The van der Waals surface area contributed by atoms with E-state index >= 15 is 0 Å². The number of nitro groups is 1. The number of halogens is 4. The second-order valence-corrected chi connectivity index (χ2v) is 3.19. The molecule has 14 heavy (non-hydrogen) atoms. The average Bonchev–Trinajstić information content (AvgIpc) is 2.01. The minimum atomic E-state index is -4.72. The predicted octanol–water partition coefficient (Wildman–Crippen LogP) is 3.00. The van der Waals surface area contributed by atoms with Gasteiger partial charge in [0.15, 0.2) is 0 Å². The molecule has 0 aliphatic heterocycles. The molecule has 0 aromatic heterocycles. The average molecular weight is 228 g/mol. The maximum Gasteiger partial charge on any atom is 0.422 e. The molecule has 0 bridgehead atoms. The molecule has 7 heteroatoms. The predicted molar refractivity (Wildman–Crippen MR) is 43.2 cm³/mol. The standard InChI is InChI=1S/C7H5ClF3NO2/c8-4-1-2-6(12(13)14)5(3-4)7(9,10)11/h3H,1-2H2. The van der Waals surface area contributed by atoms with Gasteiger partial charge in [0, 0.05) is 11.5 Å². The second-order valence-electron chi connectivity index (χ2n) is 2.71. The number of allylic oxidation sites excluding steroid dienone is 4. The molecular formula is C7H5ClF3NO2. The molecule has 3 nitrogen and oxygen atoms in total. The largest absolute Gasteiger partial charge is 0.422 e. The molecule has 0 saturated heterocycles. The quantitative estimate of drug-likeness (QED) is 0.510. The Labute approximate surface area is 82.0 Å². The van der Waals surface area contributed by atoms with Crippen LogP contribution < -0.4 is 0 Å². The fraction of sp³-hybridized carbons (Fsp3) is 0.429. The highest BCUT2D eigenvalue weighted by molar-refractivity contribution is 6.29. The van der Waals surface area contributed by atoms with Gasteiger partial charge in [0.25, 0.3) is 5.70 Å². The molecule has 0 N–H and O–H groups in total. The van der Waals surface area contributed by atoms with Gasteiger partial charge in [0.2, 0.25) is 0 Å². The zero-order chi connectivity index (χ0) is 10.9. The Bertz CT molecular complexity index is 332. The van der Waals surface area contributed by atoms with Crippen LogP contribution in [0.2, 0.25) is 0 Å². The van der Waals surface area contributed by atoms with E-state index in [1.165, 1.54) is 0 Å². The second kappa shape index (κ2) is 3.61. The smallest absolute Gasteiger partial charge is 0.259 e. The zero-order valence-electron chi connectivity index (χ0n) is 6.77. The molecule has 0 heterocycles. The Morgan fingerprint density at radius 1 is 1.43 bits per heavy atom. The van der Waals surface area contributed by atoms with Crippen molar-refractivity contribution in [1.29, 1.82) is 0 Å². The molecule has 1 aliphatic carbocycles. The molecule has 0 spiro atoms.